The van der Waals surface area contributed by atoms with Crippen molar-refractivity contribution in [3.8, 4) is 0 Å². The van der Waals surface area contributed by atoms with Crippen molar-refractivity contribution >= 4 is 27.0 Å². The Kier molecular flexibility index (Phi) is 3.06. The molecule has 0 radical (unpaired) electrons. The maximum atomic E-state index is 4.39. The number of aryl methyl sites for hydroxylation is 1. The average molecular weight is 281 g/mol. The van der Waals surface area contributed by atoms with Crippen molar-refractivity contribution in [1.82, 2.24) is 9.55 Å². The van der Waals surface area contributed by atoms with E-state index in [0.717, 1.165) is 17.3 Å². The first-order valence-electron chi connectivity index (χ1n) is 5.48. The summed E-state index contributed by atoms with van der Waals surface area (Å²) in [6.07, 6.45) is 2.94. The largest absolute Gasteiger partial charge is 0.334 e. The normalized spacial score (nSPS) is 12.2. The molecule has 86 valence electrons. The molecule has 0 saturated heterocycles. The van der Waals surface area contributed by atoms with E-state index in [0.29, 0.717) is 5.41 Å². The van der Waals surface area contributed by atoms with E-state index in [1.54, 1.807) is 0 Å². The number of rotatable bonds is 3. The third-order valence-electron chi connectivity index (χ3n) is 2.83. The van der Waals surface area contributed by atoms with E-state index in [1.807, 2.05) is 13.4 Å². The van der Waals surface area contributed by atoms with Crippen molar-refractivity contribution in [2.75, 3.05) is 5.33 Å². The highest BCUT2D eigenvalue weighted by Gasteiger charge is 2.17. The first-order valence-corrected chi connectivity index (χ1v) is 6.60. The monoisotopic (exact) mass is 280 g/mol. The van der Waals surface area contributed by atoms with Crippen LogP contribution in [0.3, 0.4) is 0 Å². The lowest BCUT2D eigenvalue weighted by atomic mass is 9.88. The number of hydrogen-bond donors (Lipinski definition) is 0. The molecule has 0 saturated carbocycles. The van der Waals surface area contributed by atoms with Gasteiger partial charge < -0.3 is 4.57 Å². The van der Waals surface area contributed by atoms with E-state index in [-0.39, 0.29) is 0 Å². The number of benzene rings is 1. The van der Waals surface area contributed by atoms with Gasteiger partial charge in [0.25, 0.3) is 0 Å². The number of halogens is 1. The summed E-state index contributed by atoms with van der Waals surface area (Å²) in [5.41, 5.74) is 3.93. The standard InChI is InChI=1S/C13H17BrN2/c1-13(2,8-14)7-10-4-5-12-11(6-10)15-9-16(12)3/h4-6,9H,7-8H2,1-3H3. The second kappa shape index (κ2) is 4.21. The quantitative estimate of drug-likeness (QED) is 0.787. The highest BCUT2D eigenvalue weighted by Crippen LogP contribution is 2.25. The third kappa shape index (κ3) is 2.29. The molecule has 2 aromatic rings. The predicted molar refractivity (Wildman–Crippen MR) is 72.0 cm³/mol. The summed E-state index contributed by atoms with van der Waals surface area (Å²) in [6.45, 7) is 4.54. The van der Waals surface area contributed by atoms with Gasteiger partial charge in [-0.1, -0.05) is 35.8 Å². The van der Waals surface area contributed by atoms with Gasteiger partial charge in [-0.25, -0.2) is 4.98 Å². The Morgan fingerprint density at radius 2 is 2.12 bits per heavy atom. The molecule has 3 heteroatoms. The molecule has 0 aliphatic carbocycles. The van der Waals surface area contributed by atoms with Crippen molar-refractivity contribution in [1.29, 1.82) is 0 Å². The second-order valence-electron chi connectivity index (χ2n) is 5.15. The van der Waals surface area contributed by atoms with Gasteiger partial charge in [0.05, 0.1) is 17.4 Å². The topological polar surface area (TPSA) is 17.8 Å². The Labute approximate surface area is 105 Å². The molecule has 0 unspecified atom stereocenters. The minimum absolute atomic E-state index is 0.294. The minimum Gasteiger partial charge on any atom is -0.334 e. The van der Waals surface area contributed by atoms with Gasteiger partial charge in [0.15, 0.2) is 0 Å². The molecule has 0 aliphatic heterocycles. The van der Waals surface area contributed by atoms with Crippen LogP contribution in [0.1, 0.15) is 19.4 Å². The molecule has 16 heavy (non-hydrogen) atoms. The Morgan fingerprint density at radius 1 is 1.38 bits per heavy atom. The summed E-state index contributed by atoms with van der Waals surface area (Å²) < 4.78 is 2.05. The molecule has 0 fully saturated rings. The molecule has 0 amide bonds. The van der Waals surface area contributed by atoms with Crippen LogP contribution in [0.25, 0.3) is 11.0 Å². The molecule has 0 aliphatic rings. The average Bonchev–Trinajstić information content (AvgIpc) is 2.60. The van der Waals surface area contributed by atoms with E-state index < -0.39 is 0 Å². The Morgan fingerprint density at radius 3 is 2.81 bits per heavy atom. The van der Waals surface area contributed by atoms with Crippen molar-refractivity contribution < 1.29 is 0 Å². The zero-order valence-electron chi connectivity index (χ0n) is 10.00. The van der Waals surface area contributed by atoms with E-state index in [4.69, 9.17) is 0 Å². The summed E-state index contributed by atoms with van der Waals surface area (Å²) in [7, 11) is 2.03. The van der Waals surface area contributed by atoms with Gasteiger partial charge in [-0.05, 0) is 29.5 Å². The molecular weight excluding hydrogens is 264 g/mol. The SMILES string of the molecule is Cn1cnc2cc(CC(C)(C)CBr)ccc21. The summed E-state index contributed by atoms with van der Waals surface area (Å²) in [5, 5.41) is 1.01. The van der Waals surface area contributed by atoms with Crippen LogP contribution in [0.4, 0.5) is 0 Å². The Balaban J connectivity index is 2.33. The van der Waals surface area contributed by atoms with Crippen LogP contribution in [-0.4, -0.2) is 14.9 Å². The van der Waals surface area contributed by atoms with Gasteiger partial charge in [-0.2, -0.15) is 0 Å². The predicted octanol–water partition coefficient (Wildman–Crippen LogP) is 3.54. The number of nitrogens with zero attached hydrogens (tertiary/aromatic N) is 2. The van der Waals surface area contributed by atoms with Crippen LogP contribution < -0.4 is 0 Å². The maximum absolute atomic E-state index is 4.39. The fourth-order valence-electron chi connectivity index (χ4n) is 1.89. The smallest absolute Gasteiger partial charge is 0.0955 e. The van der Waals surface area contributed by atoms with Gasteiger partial charge in [0, 0.05) is 12.4 Å². The molecule has 0 atom stereocenters. The van der Waals surface area contributed by atoms with E-state index in [9.17, 15) is 0 Å². The molecule has 0 N–H and O–H groups in total. The lowest BCUT2D eigenvalue weighted by Crippen LogP contribution is -2.16. The molecule has 1 heterocycles. The zero-order valence-corrected chi connectivity index (χ0v) is 11.6. The third-order valence-corrected chi connectivity index (χ3v) is 4.35. The lowest BCUT2D eigenvalue weighted by Gasteiger charge is -2.21. The molecule has 1 aromatic carbocycles. The van der Waals surface area contributed by atoms with Crippen LogP contribution >= 0.6 is 15.9 Å². The Bertz CT molecular complexity index is 500. The fraction of sp³-hybridized carbons (Fsp3) is 0.462. The molecule has 1 aromatic heterocycles. The second-order valence-corrected chi connectivity index (χ2v) is 5.71. The number of imidazole rings is 1. The molecule has 0 bridgehead atoms. The molecule has 2 rings (SSSR count). The zero-order chi connectivity index (χ0) is 11.8. The highest BCUT2D eigenvalue weighted by molar-refractivity contribution is 9.09. The summed E-state index contributed by atoms with van der Waals surface area (Å²) in [4.78, 5) is 4.39. The van der Waals surface area contributed by atoms with Gasteiger partial charge in [0.1, 0.15) is 0 Å². The van der Waals surface area contributed by atoms with E-state index in [1.165, 1.54) is 11.1 Å². The van der Waals surface area contributed by atoms with Crippen LogP contribution in [0, 0.1) is 5.41 Å². The van der Waals surface area contributed by atoms with E-state index in [2.05, 4.69) is 57.5 Å². The highest BCUT2D eigenvalue weighted by atomic mass is 79.9. The summed E-state index contributed by atoms with van der Waals surface area (Å²) >= 11 is 3.56. The van der Waals surface area contributed by atoms with Crippen molar-refractivity contribution in [2.45, 2.75) is 20.3 Å². The maximum Gasteiger partial charge on any atom is 0.0955 e. The number of fused-ring (bicyclic) bond motifs is 1. The summed E-state index contributed by atoms with van der Waals surface area (Å²) in [5.74, 6) is 0. The van der Waals surface area contributed by atoms with Crippen molar-refractivity contribution in [2.24, 2.45) is 12.5 Å². The minimum atomic E-state index is 0.294. The summed E-state index contributed by atoms with van der Waals surface area (Å²) in [6, 6.07) is 6.55. The van der Waals surface area contributed by atoms with Gasteiger partial charge in [-0.3, -0.25) is 0 Å². The van der Waals surface area contributed by atoms with Crippen LogP contribution in [-0.2, 0) is 13.5 Å². The van der Waals surface area contributed by atoms with Gasteiger partial charge in [-0.15, -0.1) is 0 Å². The van der Waals surface area contributed by atoms with Crippen molar-refractivity contribution in [3.63, 3.8) is 0 Å². The van der Waals surface area contributed by atoms with Crippen molar-refractivity contribution in [3.05, 3.63) is 30.1 Å². The number of aromatic nitrogens is 2. The first-order chi connectivity index (χ1) is 7.52. The Hall–Kier alpha value is -0.830. The van der Waals surface area contributed by atoms with Crippen LogP contribution in [0.2, 0.25) is 0 Å². The van der Waals surface area contributed by atoms with E-state index >= 15 is 0 Å². The van der Waals surface area contributed by atoms with Gasteiger partial charge >= 0.3 is 0 Å². The molecular formula is C13H17BrN2. The number of alkyl halides is 1. The van der Waals surface area contributed by atoms with Gasteiger partial charge in [0.2, 0.25) is 0 Å². The lowest BCUT2D eigenvalue weighted by molar-refractivity contribution is 0.425. The first kappa shape index (κ1) is 11.6. The van der Waals surface area contributed by atoms with Crippen LogP contribution in [0.15, 0.2) is 24.5 Å². The fourth-order valence-corrected chi connectivity index (χ4v) is 2.09. The molecule has 2 nitrogen and oxygen atoms in total. The van der Waals surface area contributed by atoms with Crippen LogP contribution in [0.5, 0.6) is 0 Å². The molecule has 0 spiro atoms. The number of hydrogen-bond acceptors (Lipinski definition) is 1.